The highest BCUT2D eigenvalue weighted by Gasteiger charge is 2.25. The minimum absolute atomic E-state index is 0.00537. The predicted molar refractivity (Wildman–Crippen MR) is 109 cm³/mol. The Kier molecular flexibility index (Phi) is 5.57. The fourth-order valence-electron chi connectivity index (χ4n) is 2.93. The van der Waals surface area contributed by atoms with Crippen molar-refractivity contribution in [3.63, 3.8) is 0 Å². The SMILES string of the molecule is CCn1c(=O)[nH]c(=O)n(-c2cc(C)c(S(=O)(=O)c3ccc(Cl)cc3)c(Cl)c2)c1=O. The Morgan fingerprint density at radius 1 is 1.00 bits per heavy atom. The van der Waals surface area contributed by atoms with E-state index in [1.165, 1.54) is 43.3 Å². The second kappa shape index (κ2) is 7.66. The van der Waals surface area contributed by atoms with Crippen molar-refractivity contribution in [3.05, 3.63) is 83.5 Å². The van der Waals surface area contributed by atoms with Gasteiger partial charge in [-0.15, -0.1) is 0 Å². The number of rotatable bonds is 4. The van der Waals surface area contributed by atoms with Crippen molar-refractivity contribution in [3.8, 4) is 5.69 Å². The van der Waals surface area contributed by atoms with Crippen molar-refractivity contribution in [1.29, 1.82) is 0 Å². The van der Waals surface area contributed by atoms with Crippen LogP contribution in [0.4, 0.5) is 0 Å². The number of nitrogens with one attached hydrogen (secondary N) is 1. The molecule has 0 saturated heterocycles. The number of nitrogens with zero attached hydrogens (tertiary/aromatic N) is 2. The molecule has 0 aliphatic rings. The molecule has 3 aromatic rings. The zero-order valence-corrected chi connectivity index (χ0v) is 17.6. The van der Waals surface area contributed by atoms with Crippen LogP contribution in [0.25, 0.3) is 5.69 Å². The highest BCUT2D eigenvalue weighted by molar-refractivity contribution is 7.91. The lowest BCUT2D eigenvalue weighted by atomic mass is 10.2. The Morgan fingerprint density at radius 2 is 1.62 bits per heavy atom. The van der Waals surface area contributed by atoms with Gasteiger partial charge < -0.3 is 0 Å². The number of benzene rings is 2. The van der Waals surface area contributed by atoms with Crippen molar-refractivity contribution >= 4 is 33.0 Å². The second-order valence-corrected chi connectivity index (χ2v) is 8.86. The third kappa shape index (κ3) is 3.68. The summed E-state index contributed by atoms with van der Waals surface area (Å²) in [7, 11) is -3.97. The minimum atomic E-state index is -3.97. The lowest BCUT2D eigenvalue weighted by Crippen LogP contribution is -2.48. The van der Waals surface area contributed by atoms with Crippen LogP contribution in [-0.4, -0.2) is 22.5 Å². The maximum Gasteiger partial charge on any atom is 0.340 e. The van der Waals surface area contributed by atoms with Gasteiger partial charge >= 0.3 is 17.1 Å². The van der Waals surface area contributed by atoms with Crippen LogP contribution in [0, 0.1) is 6.92 Å². The molecule has 8 nitrogen and oxygen atoms in total. The molecular weight excluding hydrogens is 441 g/mol. The van der Waals surface area contributed by atoms with Gasteiger partial charge in [-0.05, 0) is 55.8 Å². The second-order valence-electron chi connectivity index (χ2n) is 6.13. The van der Waals surface area contributed by atoms with E-state index in [1.807, 2.05) is 0 Å². The van der Waals surface area contributed by atoms with Crippen LogP contribution in [0.5, 0.6) is 0 Å². The van der Waals surface area contributed by atoms with Crippen molar-refractivity contribution in [2.75, 3.05) is 0 Å². The number of aryl methyl sites for hydroxylation is 1. The first-order valence-corrected chi connectivity index (χ1v) is 10.6. The first kappa shape index (κ1) is 21.1. The van der Waals surface area contributed by atoms with Crippen molar-refractivity contribution in [1.82, 2.24) is 14.1 Å². The number of aromatic amines is 1. The third-order valence-corrected chi connectivity index (χ3v) is 6.90. The monoisotopic (exact) mass is 455 g/mol. The summed E-state index contributed by atoms with van der Waals surface area (Å²) in [6.07, 6.45) is 0. The van der Waals surface area contributed by atoms with Crippen molar-refractivity contribution in [2.24, 2.45) is 0 Å². The number of halogens is 2. The van der Waals surface area contributed by atoms with E-state index >= 15 is 0 Å². The molecule has 11 heteroatoms. The van der Waals surface area contributed by atoms with Crippen LogP contribution >= 0.6 is 23.2 Å². The molecule has 152 valence electrons. The van der Waals surface area contributed by atoms with Crippen LogP contribution in [0.3, 0.4) is 0 Å². The molecule has 0 bridgehead atoms. The van der Waals surface area contributed by atoms with E-state index in [9.17, 15) is 22.8 Å². The van der Waals surface area contributed by atoms with Crippen LogP contribution in [0.15, 0.2) is 60.6 Å². The topological polar surface area (TPSA) is 111 Å². The Balaban J connectivity index is 2.25. The van der Waals surface area contributed by atoms with Gasteiger partial charge in [-0.25, -0.2) is 31.9 Å². The molecular formula is C18H15Cl2N3O5S. The average Bonchev–Trinajstić information content (AvgIpc) is 2.61. The summed E-state index contributed by atoms with van der Waals surface area (Å²) in [4.78, 5) is 38.4. The van der Waals surface area contributed by atoms with Gasteiger partial charge in [0.25, 0.3) is 0 Å². The third-order valence-electron chi connectivity index (χ3n) is 4.27. The largest absolute Gasteiger partial charge is 0.340 e. The minimum Gasteiger partial charge on any atom is -0.258 e. The van der Waals surface area contributed by atoms with Gasteiger partial charge in [0.05, 0.1) is 20.5 Å². The average molecular weight is 456 g/mol. The number of sulfone groups is 1. The first-order valence-electron chi connectivity index (χ1n) is 8.35. The predicted octanol–water partition coefficient (Wildman–Crippen LogP) is 2.16. The lowest BCUT2D eigenvalue weighted by molar-refractivity contribution is 0.594. The van der Waals surface area contributed by atoms with Crippen LogP contribution < -0.4 is 17.1 Å². The quantitative estimate of drug-likeness (QED) is 0.647. The molecule has 0 fully saturated rings. The Morgan fingerprint density at radius 3 is 2.17 bits per heavy atom. The Labute approximate surface area is 174 Å². The smallest absolute Gasteiger partial charge is 0.258 e. The molecule has 0 aliphatic heterocycles. The molecule has 0 amide bonds. The normalized spacial score (nSPS) is 11.6. The summed E-state index contributed by atoms with van der Waals surface area (Å²) in [5.41, 5.74) is -2.37. The molecule has 0 radical (unpaired) electrons. The maximum absolute atomic E-state index is 13.0. The molecule has 1 N–H and O–H groups in total. The summed E-state index contributed by atoms with van der Waals surface area (Å²) >= 11 is 12.1. The highest BCUT2D eigenvalue weighted by atomic mass is 35.5. The molecule has 0 aliphatic carbocycles. The van der Waals surface area contributed by atoms with Crippen LogP contribution in [0.1, 0.15) is 12.5 Å². The summed E-state index contributed by atoms with van der Waals surface area (Å²) < 4.78 is 27.6. The van der Waals surface area contributed by atoms with Gasteiger partial charge in [0.15, 0.2) is 0 Å². The van der Waals surface area contributed by atoms with E-state index in [0.29, 0.717) is 5.02 Å². The zero-order chi connectivity index (χ0) is 21.5. The molecule has 0 spiro atoms. The zero-order valence-electron chi connectivity index (χ0n) is 15.3. The van der Waals surface area contributed by atoms with Gasteiger partial charge in [-0.1, -0.05) is 23.2 Å². The van der Waals surface area contributed by atoms with E-state index in [2.05, 4.69) is 4.98 Å². The molecule has 1 heterocycles. The lowest BCUT2D eigenvalue weighted by Gasteiger charge is -2.13. The van der Waals surface area contributed by atoms with Crippen molar-refractivity contribution in [2.45, 2.75) is 30.2 Å². The molecule has 0 unspecified atom stereocenters. The maximum atomic E-state index is 13.0. The summed E-state index contributed by atoms with van der Waals surface area (Å²) in [5.74, 6) is 0. The number of aromatic nitrogens is 3. The molecule has 0 atom stereocenters. The molecule has 29 heavy (non-hydrogen) atoms. The van der Waals surface area contributed by atoms with Crippen molar-refractivity contribution < 1.29 is 8.42 Å². The van der Waals surface area contributed by atoms with Gasteiger partial charge in [0.2, 0.25) is 9.84 Å². The van der Waals surface area contributed by atoms with E-state index in [0.717, 1.165) is 9.13 Å². The fourth-order valence-corrected chi connectivity index (χ4v) is 5.15. The van der Waals surface area contributed by atoms with E-state index in [4.69, 9.17) is 23.2 Å². The molecule has 2 aromatic carbocycles. The van der Waals surface area contributed by atoms with Gasteiger partial charge in [0, 0.05) is 11.6 Å². The van der Waals surface area contributed by atoms with Gasteiger partial charge in [-0.3, -0.25) is 4.98 Å². The number of H-pyrrole nitrogens is 1. The Hall–Kier alpha value is -2.62. The van der Waals surface area contributed by atoms with Gasteiger partial charge in [0.1, 0.15) is 0 Å². The molecule has 1 aromatic heterocycles. The van der Waals surface area contributed by atoms with Gasteiger partial charge in [-0.2, -0.15) is 0 Å². The molecule has 0 saturated carbocycles. The molecule has 3 rings (SSSR count). The fraction of sp³-hybridized carbons (Fsp3) is 0.167. The number of hydrogen-bond acceptors (Lipinski definition) is 5. The highest BCUT2D eigenvalue weighted by Crippen LogP contribution is 2.32. The standard InChI is InChI=1S/C18H15Cl2N3O5S/c1-3-22-16(24)21-17(25)23(18(22)26)12-8-10(2)15(14(20)9-12)29(27,28)13-6-4-11(19)5-7-13/h4-9H,3H2,1-2H3,(H,21,24,25). The summed E-state index contributed by atoms with van der Waals surface area (Å²) in [5, 5.41) is 0.210. The number of hydrogen-bond donors (Lipinski definition) is 1. The van der Waals surface area contributed by atoms with E-state index in [-0.39, 0.29) is 32.6 Å². The van der Waals surface area contributed by atoms with E-state index < -0.39 is 26.9 Å². The Bertz CT molecular complexity index is 1360. The summed E-state index contributed by atoms with van der Waals surface area (Å²) in [6, 6.07) is 8.13. The van der Waals surface area contributed by atoms with Crippen LogP contribution in [0.2, 0.25) is 10.0 Å². The first-order chi connectivity index (χ1) is 13.6. The van der Waals surface area contributed by atoms with E-state index in [1.54, 1.807) is 6.92 Å². The van der Waals surface area contributed by atoms with Crippen LogP contribution in [-0.2, 0) is 16.4 Å². The summed E-state index contributed by atoms with van der Waals surface area (Å²) in [6.45, 7) is 3.11.